The van der Waals surface area contributed by atoms with Gasteiger partial charge in [-0.1, -0.05) is 28.9 Å². The molecular weight excluding hydrogens is 326 g/mol. The van der Waals surface area contributed by atoms with Crippen LogP contribution in [-0.2, 0) is 17.8 Å². The second kappa shape index (κ2) is 7.81. The Kier molecular flexibility index (Phi) is 5.53. The SMILES string of the molecule is Cc1cc(CN2CCCN(C(=O)Cc3ccc(Cl)cc3)CC2)no1. The number of amides is 1. The maximum Gasteiger partial charge on any atom is 0.227 e. The number of carbonyl (C=O) groups is 1. The van der Waals surface area contributed by atoms with Crippen molar-refractivity contribution in [3.63, 3.8) is 0 Å². The summed E-state index contributed by atoms with van der Waals surface area (Å²) in [5.41, 5.74) is 1.96. The zero-order chi connectivity index (χ0) is 16.9. The molecule has 128 valence electrons. The van der Waals surface area contributed by atoms with E-state index in [0.29, 0.717) is 11.4 Å². The van der Waals surface area contributed by atoms with Gasteiger partial charge in [0.05, 0.1) is 12.1 Å². The van der Waals surface area contributed by atoms with Gasteiger partial charge in [0.2, 0.25) is 5.91 Å². The van der Waals surface area contributed by atoms with Crippen molar-refractivity contribution in [2.75, 3.05) is 26.2 Å². The quantitative estimate of drug-likeness (QED) is 0.853. The number of hydrogen-bond donors (Lipinski definition) is 0. The average Bonchev–Trinajstić information content (AvgIpc) is 2.82. The summed E-state index contributed by atoms with van der Waals surface area (Å²) < 4.78 is 5.12. The topological polar surface area (TPSA) is 49.6 Å². The van der Waals surface area contributed by atoms with Gasteiger partial charge in [-0.2, -0.15) is 0 Å². The van der Waals surface area contributed by atoms with Crippen molar-refractivity contribution in [2.24, 2.45) is 0 Å². The van der Waals surface area contributed by atoms with Crippen LogP contribution < -0.4 is 0 Å². The lowest BCUT2D eigenvalue weighted by atomic mass is 10.1. The van der Waals surface area contributed by atoms with Crippen LogP contribution in [0, 0.1) is 6.92 Å². The predicted octanol–water partition coefficient (Wildman–Crippen LogP) is 2.91. The number of benzene rings is 1. The van der Waals surface area contributed by atoms with E-state index in [1.165, 1.54) is 0 Å². The molecule has 1 aromatic heterocycles. The molecule has 1 amide bonds. The van der Waals surface area contributed by atoms with Crippen LogP contribution in [0.2, 0.25) is 5.02 Å². The van der Waals surface area contributed by atoms with Crippen LogP contribution in [-0.4, -0.2) is 47.0 Å². The van der Waals surface area contributed by atoms with Crippen molar-refractivity contribution in [1.29, 1.82) is 0 Å². The average molecular weight is 348 g/mol. The fourth-order valence-corrected chi connectivity index (χ4v) is 3.11. The number of rotatable bonds is 4. The van der Waals surface area contributed by atoms with Crippen molar-refractivity contribution in [1.82, 2.24) is 15.0 Å². The summed E-state index contributed by atoms with van der Waals surface area (Å²) in [4.78, 5) is 16.8. The molecule has 0 bridgehead atoms. The molecule has 0 unspecified atom stereocenters. The molecule has 2 aromatic rings. The summed E-state index contributed by atoms with van der Waals surface area (Å²) >= 11 is 5.89. The van der Waals surface area contributed by atoms with Crippen molar-refractivity contribution >= 4 is 17.5 Å². The zero-order valence-corrected chi connectivity index (χ0v) is 14.6. The van der Waals surface area contributed by atoms with Gasteiger partial charge in [0.15, 0.2) is 0 Å². The summed E-state index contributed by atoms with van der Waals surface area (Å²) in [5, 5.41) is 4.74. The Morgan fingerprint density at radius 1 is 1.21 bits per heavy atom. The molecule has 5 nitrogen and oxygen atoms in total. The van der Waals surface area contributed by atoms with Crippen LogP contribution in [0.5, 0.6) is 0 Å². The van der Waals surface area contributed by atoms with Crippen LogP contribution in [0.25, 0.3) is 0 Å². The van der Waals surface area contributed by atoms with Crippen molar-refractivity contribution in [3.8, 4) is 0 Å². The van der Waals surface area contributed by atoms with Crippen molar-refractivity contribution < 1.29 is 9.32 Å². The number of carbonyl (C=O) groups excluding carboxylic acids is 1. The highest BCUT2D eigenvalue weighted by molar-refractivity contribution is 6.30. The third kappa shape index (κ3) is 4.58. The van der Waals surface area contributed by atoms with E-state index in [4.69, 9.17) is 16.1 Å². The maximum absolute atomic E-state index is 12.5. The molecule has 1 aliphatic rings. The first kappa shape index (κ1) is 17.0. The van der Waals surface area contributed by atoms with E-state index in [1.54, 1.807) is 0 Å². The van der Waals surface area contributed by atoms with Gasteiger partial charge >= 0.3 is 0 Å². The van der Waals surface area contributed by atoms with Gasteiger partial charge in [0, 0.05) is 43.8 Å². The summed E-state index contributed by atoms with van der Waals surface area (Å²) in [7, 11) is 0. The van der Waals surface area contributed by atoms with Gasteiger partial charge < -0.3 is 9.42 Å². The summed E-state index contributed by atoms with van der Waals surface area (Å²) in [6.45, 7) is 6.06. The molecule has 0 N–H and O–H groups in total. The molecular formula is C18H22ClN3O2. The lowest BCUT2D eigenvalue weighted by molar-refractivity contribution is -0.130. The highest BCUT2D eigenvalue weighted by Gasteiger charge is 2.20. The van der Waals surface area contributed by atoms with Gasteiger partial charge in [-0.3, -0.25) is 9.69 Å². The van der Waals surface area contributed by atoms with Gasteiger partial charge in [0.25, 0.3) is 0 Å². The molecule has 0 atom stereocenters. The molecule has 0 aliphatic carbocycles. The molecule has 1 fully saturated rings. The number of aryl methyl sites for hydroxylation is 1. The first-order valence-corrected chi connectivity index (χ1v) is 8.65. The largest absolute Gasteiger partial charge is 0.361 e. The van der Waals surface area contributed by atoms with E-state index >= 15 is 0 Å². The Balaban J connectivity index is 1.52. The Morgan fingerprint density at radius 3 is 2.71 bits per heavy atom. The molecule has 0 radical (unpaired) electrons. The van der Waals surface area contributed by atoms with Crippen LogP contribution >= 0.6 is 11.6 Å². The monoisotopic (exact) mass is 347 g/mol. The molecule has 6 heteroatoms. The lowest BCUT2D eigenvalue weighted by Gasteiger charge is -2.21. The lowest BCUT2D eigenvalue weighted by Crippen LogP contribution is -2.36. The fourth-order valence-electron chi connectivity index (χ4n) is 2.99. The van der Waals surface area contributed by atoms with Crippen LogP contribution in [0.15, 0.2) is 34.9 Å². The number of aromatic nitrogens is 1. The van der Waals surface area contributed by atoms with Crippen LogP contribution in [0.1, 0.15) is 23.4 Å². The van der Waals surface area contributed by atoms with Crippen LogP contribution in [0.3, 0.4) is 0 Å². The van der Waals surface area contributed by atoms with Gasteiger partial charge in [-0.25, -0.2) is 0 Å². The highest BCUT2D eigenvalue weighted by Crippen LogP contribution is 2.13. The third-order valence-electron chi connectivity index (χ3n) is 4.27. The fraction of sp³-hybridized carbons (Fsp3) is 0.444. The zero-order valence-electron chi connectivity index (χ0n) is 13.9. The van der Waals surface area contributed by atoms with E-state index in [-0.39, 0.29) is 5.91 Å². The first-order chi connectivity index (χ1) is 11.6. The Morgan fingerprint density at radius 2 is 2.00 bits per heavy atom. The van der Waals surface area contributed by atoms with Gasteiger partial charge in [0.1, 0.15) is 5.76 Å². The molecule has 1 saturated heterocycles. The van der Waals surface area contributed by atoms with E-state index in [9.17, 15) is 4.79 Å². The number of hydrogen-bond acceptors (Lipinski definition) is 4. The molecule has 1 aliphatic heterocycles. The minimum atomic E-state index is 0.177. The van der Waals surface area contributed by atoms with E-state index in [2.05, 4.69) is 10.1 Å². The minimum absolute atomic E-state index is 0.177. The summed E-state index contributed by atoms with van der Waals surface area (Å²) in [6.07, 6.45) is 1.41. The second-order valence-electron chi connectivity index (χ2n) is 6.24. The van der Waals surface area contributed by atoms with Gasteiger partial charge in [-0.15, -0.1) is 0 Å². The Bertz CT molecular complexity index is 684. The molecule has 3 rings (SSSR count). The van der Waals surface area contributed by atoms with Crippen LogP contribution in [0.4, 0.5) is 0 Å². The predicted molar refractivity (Wildman–Crippen MR) is 92.9 cm³/mol. The summed E-state index contributed by atoms with van der Waals surface area (Å²) in [5.74, 6) is 1.01. The summed E-state index contributed by atoms with van der Waals surface area (Å²) in [6, 6.07) is 9.45. The maximum atomic E-state index is 12.5. The minimum Gasteiger partial charge on any atom is -0.361 e. The van der Waals surface area contributed by atoms with E-state index < -0.39 is 0 Å². The molecule has 24 heavy (non-hydrogen) atoms. The van der Waals surface area contributed by atoms with E-state index in [1.807, 2.05) is 42.2 Å². The number of halogens is 1. The molecule has 0 spiro atoms. The second-order valence-corrected chi connectivity index (χ2v) is 6.68. The van der Waals surface area contributed by atoms with Crippen molar-refractivity contribution in [3.05, 3.63) is 52.4 Å². The smallest absolute Gasteiger partial charge is 0.227 e. The normalized spacial score (nSPS) is 16.2. The first-order valence-electron chi connectivity index (χ1n) is 8.27. The number of nitrogens with zero attached hydrogens (tertiary/aromatic N) is 3. The Hall–Kier alpha value is -1.85. The standard InChI is InChI=1S/C18H22ClN3O2/c1-14-11-17(20-24-14)13-21-7-2-8-22(10-9-21)18(23)12-15-3-5-16(19)6-4-15/h3-6,11H,2,7-10,12-13H2,1H3. The molecule has 1 aromatic carbocycles. The van der Waals surface area contributed by atoms with Gasteiger partial charge in [-0.05, 0) is 31.0 Å². The molecule has 0 saturated carbocycles. The van der Waals surface area contributed by atoms with E-state index in [0.717, 1.165) is 56.2 Å². The Labute approximate surface area is 147 Å². The third-order valence-corrected chi connectivity index (χ3v) is 4.52. The van der Waals surface area contributed by atoms with Crippen molar-refractivity contribution in [2.45, 2.75) is 26.3 Å². The highest BCUT2D eigenvalue weighted by atomic mass is 35.5. The molecule has 2 heterocycles.